The zero-order chi connectivity index (χ0) is 13.2. The molecular weight excluding hydrogens is 208 g/mol. The minimum absolute atomic E-state index is 0.302. The van der Waals surface area contributed by atoms with Gasteiger partial charge in [-0.25, -0.2) is 0 Å². The fraction of sp³-hybridized carbons (Fsp3) is 0.600. The largest absolute Gasteiger partial charge is 0.377 e. The maximum absolute atomic E-state index is 2.29. The maximum Gasteiger partial charge on any atom is 0.0414 e. The van der Waals surface area contributed by atoms with Gasteiger partial charge in [0.15, 0.2) is 0 Å². The molecule has 1 aromatic rings. The van der Waals surface area contributed by atoms with Gasteiger partial charge in [0.2, 0.25) is 0 Å². The van der Waals surface area contributed by atoms with Crippen LogP contribution in [0.2, 0.25) is 0 Å². The van der Waals surface area contributed by atoms with Gasteiger partial charge in [-0.1, -0.05) is 26.8 Å². The Labute approximate surface area is 106 Å². The van der Waals surface area contributed by atoms with E-state index in [0.717, 1.165) is 6.42 Å². The first-order chi connectivity index (χ1) is 7.72. The van der Waals surface area contributed by atoms with Crippen molar-refractivity contribution in [1.82, 2.24) is 0 Å². The van der Waals surface area contributed by atoms with Crippen LogP contribution in [0.3, 0.4) is 0 Å². The summed E-state index contributed by atoms with van der Waals surface area (Å²) in [6.07, 6.45) is 1.09. The monoisotopic (exact) mass is 234 g/mol. The second-order valence-electron chi connectivity index (χ2n) is 6.30. The number of benzene rings is 1. The summed E-state index contributed by atoms with van der Waals surface area (Å²) in [4.78, 5) is 4.40. The lowest BCUT2D eigenvalue weighted by Crippen LogP contribution is -2.20. The van der Waals surface area contributed by atoms with Crippen LogP contribution in [0.25, 0.3) is 0 Å². The van der Waals surface area contributed by atoms with Gasteiger partial charge < -0.3 is 9.80 Å². The molecule has 1 aromatic carbocycles. The topological polar surface area (TPSA) is 6.48 Å². The molecule has 0 spiro atoms. The van der Waals surface area contributed by atoms with Crippen molar-refractivity contribution in [1.29, 1.82) is 0 Å². The molecule has 0 N–H and O–H groups in total. The molecule has 2 heteroatoms. The van der Waals surface area contributed by atoms with Crippen molar-refractivity contribution in [3.63, 3.8) is 0 Å². The Balaban J connectivity index is 3.29. The molecule has 0 saturated heterocycles. The average molecular weight is 234 g/mol. The second kappa shape index (κ2) is 4.99. The van der Waals surface area contributed by atoms with Gasteiger partial charge in [-0.05, 0) is 29.5 Å². The second-order valence-corrected chi connectivity index (χ2v) is 6.30. The molecular formula is C15H26N2. The summed E-state index contributed by atoms with van der Waals surface area (Å²) in [6.45, 7) is 6.87. The van der Waals surface area contributed by atoms with E-state index in [4.69, 9.17) is 0 Å². The van der Waals surface area contributed by atoms with E-state index >= 15 is 0 Å². The highest BCUT2D eigenvalue weighted by Gasteiger charge is 2.18. The van der Waals surface area contributed by atoms with Gasteiger partial charge in [0.1, 0.15) is 0 Å². The van der Waals surface area contributed by atoms with Crippen LogP contribution in [0, 0.1) is 5.41 Å². The van der Waals surface area contributed by atoms with Gasteiger partial charge in [-0.2, -0.15) is 0 Å². The Kier molecular flexibility index (Phi) is 4.07. The molecule has 0 atom stereocenters. The smallest absolute Gasteiger partial charge is 0.0414 e. The SMILES string of the molecule is CN(C)c1cccc(N(C)C)c1CC(C)(C)C. The molecule has 17 heavy (non-hydrogen) atoms. The Bertz CT molecular complexity index is 347. The van der Waals surface area contributed by atoms with Gasteiger partial charge >= 0.3 is 0 Å². The number of hydrogen-bond donors (Lipinski definition) is 0. The zero-order valence-electron chi connectivity index (χ0n) is 12.3. The number of anilines is 2. The molecule has 0 aliphatic heterocycles. The zero-order valence-corrected chi connectivity index (χ0v) is 12.3. The Morgan fingerprint density at radius 2 is 1.29 bits per heavy atom. The van der Waals surface area contributed by atoms with Crippen molar-refractivity contribution >= 4 is 11.4 Å². The van der Waals surface area contributed by atoms with Crippen molar-refractivity contribution in [2.45, 2.75) is 27.2 Å². The normalized spacial score (nSPS) is 11.5. The van der Waals surface area contributed by atoms with Gasteiger partial charge in [0.25, 0.3) is 0 Å². The fourth-order valence-electron chi connectivity index (χ4n) is 2.11. The minimum atomic E-state index is 0.302. The van der Waals surface area contributed by atoms with Crippen molar-refractivity contribution in [2.24, 2.45) is 5.41 Å². The van der Waals surface area contributed by atoms with Crippen molar-refractivity contribution in [3.8, 4) is 0 Å². The molecule has 0 amide bonds. The van der Waals surface area contributed by atoms with Crippen molar-refractivity contribution in [3.05, 3.63) is 23.8 Å². The summed E-state index contributed by atoms with van der Waals surface area (Å²) in [5.74, 6) is 0. The number of rotatable bonds is 3. The van der Waals surface area contributed by atoms with Crippen molar-refractivity contribution < 1.29 is 0 Å². The fourth-order valence-corrected chi connectivity index (χ4v) is 2.11. The van der Waals surface area contributed by atoms with Crippen LogP contribution in [0.4, 0.5) is 11.4 Å². The average Bonchev–Trinajstić information content (AvgIpc) is 2.14. The van der Waals surface area contributed by atoms with Crippen LogP contribution in [0.5, 0.6) is 0 Å². The van der Waals surface area contributed by atoms with Crippen molar-refractivity contribution in [2.75, 3.05) is 38.0 Å². The Morgan fingerprint density at radius 1 is 0.882 bits per heavy atom. The highest BCUT2D eigenvalue weighted by atomic mass is 15.1. The van der Waals surface area contributed by atoms with Crippen LogP contribution in [-0.4, -0.2) is 28.2 Å². The molecule has 0 unspecified atom stereocenters. The van der Waals surface area contributed by atoms with Crippen LogP contribution >= 0.6 is 0 Å². The first-order valence-electron chi connectivity index (χ1n) is 6.19. The number of nitrogens with zero attached hydrogens (tertiary/aromatic N) is 2. The van der Waals surface area contributed by atoms with E-state index in [-0.39, 0.29) is 0 Å². The lowest BCUT2D eigenvalue weighted by molar-refractivity contribution is 0.411. The van der Waals surface area contributed by atoms with E-state index in [0.29, 0.717) is 5.41 Å². The predicted octanol–water partition coefficient (Wildman–Crippen LogP) is 3.41. The summed E-state index contributed by atoms with van der Waals surface area (Å²) in [5, 5.41) is 0. The lowest BCUT2D eigenvalue weighted by atomic mass is 9.86. The van der Waals surface area contributed by atoms with Crippen LogP contribution in [0.1, 0.15) is 26.3 Å². The molecule has 1 rings (SSSR count). The predicted molar refractivity (Wildman–Crippen MR) is 78.3 cm³/mol. The molecule has 0 aromatic heterocycles. The number of hydrogen-bond acceptors (Lipinski definition) is 2. The van der Waals surface area contributed by atoms with Gasteiger partial charge in [-0.15, -0.1) is 0 Å². The molecule has 0 bridgehead atoms. The lowest BCUT2D eigenvalue weighted by Gasteiger charge is -2.28. The third kappa shape index (κ3) is 3.65. The van der Waals surface area contributed by atoms with E-state index in [1.54, 1.807) is 0 Å². The summed E-state index contributed by atoms with van der Waals surface area (Å²) >= 11 is 0. The quantitative estimate of drug-likeness (QED) is 0.791. The van der Waals surface area contributed by atoms with Gasteiger partial charge in [-0.3, -0.25) is 0 Å². The molecule has 0 fully saturated rings. The molecule has 0 aliphatic rings. The highest BCUT2D eigenvalue weighted by Crippen LogP contribution is 2.34. The molecule has 0 heterocycles. The third-order valence-electron chi connectivity index (χ3n) is 2.80. The molecule has 0 aliphatic carbocycles. The van der Waals surface area contributed by atoms with E-state index in [1.807, 2.05) is 0 Å². The third-order valence-corrected chi connectivity index (χ3v) is 2.80. The maximum atomic E-state index is 2.29. The summed E-state index contributed by atoms with van der Waals surface area (Å²) in [5.41, 5.74) is 4.39. The Hall–Kier alpha value is -1.18. The van der Waals surface area contributed by atoms with Gasteiger partial charge in [0.05, 0.1) is 0 Å². The Morgan fingerprint density at radius 3 is 1.59 bits per heavy atom. The summed E-state index contributed by atoms with van der Waals surface area (Å²) in [6, 6.07) is 6.54. The molecule has 2 nitrogen and oxygen atoms in total. The van der Waals surface area contributed by atoms with Crippen LogP contribution < -0.4 is 9.80 Å². The molecule has 0 saturated carbocycles. The van der Waals surface area contributed by atoms with E-state index in [2.05, 4.69) is 77.0 Å². The molecule has 0 radical (unpaired) electrons. The standard InChI is InChI=1S/C15H26N2/c1-15(2,3)11-12-13(16(4)5)9-8-10-14(12)17(6)7/h8-10H,11H2,1-7H3. The van der Waals surface area contributed by atoms with E-state index in [1.165, 1.54) is 16.9 Å². The van der Waals surface area contributed by atoms with Crippen LogP contribution in [-0.2, 0) is 6.42 Å². The van der Waals surface area contributed by atoms with E-state index in [9.17, 15) is 0 Å². The van der Waals surface area contributed by atoms with Crippen LogP contribution in [0.15, 0.2) is 18.2 Å². The molecule has 96 valence electrons. The van der Waals surface area contributed by atoms with Gasteiger partial charge in [0, 0.05) is 39.6 Å². The summed E-state index contributed by atoms with van der Waals surface area (Å²) in [7, 11) is 8.45. The highest BCUT2D eigenvalue weighted by molar-refractivity contribution is 5.67. The summed E-state index contributed by atoms with van der Waals surface area (Å²) < 4.78 is 0. The van der Waals surface area contributed by atoms with E-state index < -0.39 is 0 Å². The first-order valence-corrected chi connectivity index (χ1v) is 6.19. The first kappa shape index (κ1) is 13.9. The minimum Gasteiger partial charge on any atom is -0.377 e.